The number of hydrogen-bond donors (Lipinski definition) is 3. The Balaban J connectivity index is 2.12. The van der Waals surface area contributed by atoms with Gasteiger partial charge >= 0.3 is 0 Å². The van der Waals surface area contributed by atoms with Gasteiger partial charge in [-0.05, 0) is 60.3 Å². The van der Waals surface area contributed by atoms with Gasteiger partial charge in [0.05, 0.1) is 19.8 Å². The van der Waals surface area contributed by atoms with Gasteiger partial charge in [0.25, 0.3) is 0 Å². The molecule has 2 aliphatic carbocycles. The number of rotatable bonds is 2. The summed E-state index contributed by atoms with van der Waals surface area (Å²) in [5, 5.41) is 30.6. The van der Waals surface area contributed by atoms with Crippen molar-refractivity contribution in [2.45, 2.75) is 51.0 Å². The Labute approximate surface area is 131 Å². The summed E-state index contributed by atoms with van der Waals surface area (Å²) in [5.74, 6) is 0.885. The SMILES string of the molecule is COc1cc2c(cc1O)[C@@]1(C)CC[C@H](O)C(C)(CO)[C@@H]1CC2. The van der Waals surface area contributed by atoms with Crippen LogP contribution in [-0.4, -0.2) is 35.1 Å². The van der Waals surface area contributed by atoms with Crippen molar-refractivity contribution in [2.75, 3.05) is 13.7 Å². The van der Waals surface area contributed by atoms with Crippen LogP contribution in [0.1, 0.15) is 44.2 Å². The van der Waals surface area contributed by atoms with Crippen molar-refractivity contribution in [3.8, 4) is 11.5 Å². The van der Waals surface area contributed by atoms with Gasteiger partial charge in [0.15, 0.2) is 11.5 Å². The molecule has 3 rings (SSSR count). The molecule has 0 radical (unpaired) electrons. The van der Waals surface area contributed by atoms with Gasteiger partial charge in [0.1, 0.15) is 0 Å². The van der Waals surface area contributed by atoms with Crippen LogP contribution < -0.4 is 4.74 Å². The summed E-state index contributed by atoms with van der Waals surface area (Å²) in [6.07, 6.45) is 2.90. The Morgan fingerprint density at radius 2 is 2.00 bits per heavy atom. The first-order chi connectivity index (χ1) is 10.4. The predicted octanol–water partition coefficient (Wildman–Crippen LogP) is 2.37. The van der Waals surface area contributed by atoms with Crippen molar-refractivity contribution in [1.82, 2.24) is 0 Å². The number of phenols is 1. The van der Waals surface area contributed by atoms with Crippen molar-refractivity contribution in [1.29, 1.82) is 0 Å². The van der Waals surface area contributed by atoms with Crippen LogP contribution in [0.5, 0.6) is 11.5 Å². The first-order valence-corrected chi connectivity index (χ1v) is 8.06. The highest BCUT2D eigenvalue weighted by atomic mass is 16.5. The molecule has 1 saturated carbocycles. The molecule has 122 valence electrons. The largest absolute Gasteiger partial charge is 0.504 e. The van der Waals surface area contributed by atoms with Gasteiger partial charge in [0.2, 0.25) is 0 Å². The molecule has 2 aliphatic rings. The topological polar surface area (TPSA) is 69.9 Å². The molecule has 4 atom stereocenters. The summed E-state index contributed by atoms with van der Waals surface area (Å²) in [6.45, 7) is 4.20. The smallest absolute Gasteiger partial charge is 0.160 e. The molecule has 3 N–H and O–H groups in total. The average molecular weight is 306 g/mol. The van der Waals surface area contributed by atoms with Gasteiger partial charge in [0, 0.05) is 5.41 Å². The number of aromatic hydroxyl groups is 1. The molecule has 1 aromatic rings. The van der Waals surface area contributed by atoms with Crippen LogP contribution in [0.15, 0.2) is 12.1 Å². The number of aliphatic hydroxyl groups excluding tert-OH is 2. The number of ether oxygens (including phenoxy) is 1. The number of hydrogen-bond acceptors (Lipinski definition) is 4. The second-order valence-electron chi connectivity index (χ2n) is 7.41. The lowest BCUT2D eigenvalue weighted by Gasteiger charge is -2.56. The zero-order valence-corrected chi connectivity index (χ0v) is 13.6. The lowest BCUT2D eigenvalue weighted by molar-refractivity contribution is -0.110. The molecule has 0 spiro atoms. The van der Waals surface area contributed by atoms with E-state index < -0.39 is 11.5 Å². The van der Waals surface area contributed by atoms with Crippen molar-refractivity contribution < 1.29 is 20.1 Å². The van der Waals surface area contributed by atoms with E-state index in [9.17, 15) is 15.3 Å². The minimum Gasteiger partial charge on any atom is -0.504 e. The summed E-state index contributed by atoms with van der Waals surface area (Å²) < 4.78 is 5.23. The van der Waals surface area contributed by atoms with Gasteiger partial charge in [-0.1, -0.05) is 13.8 Å². The van der Waals surface area contributed by atoms with Crippen LogP contribution in [-0.2, 0) is 11.8 Å². The lowest BCUT2D eigenvalue weighted by atomic mass is 9.49. The Morgan fingerprint density at radius 3 is 2.64 bits per heavy atom. The molecule has 0 amide bonds. The molecule has 22 heavy (non-hydrogen) atoms. The molecule has 4 heteroatoms. The average Bonchev–Trinajstić information content (AvgIpc) is 2.51. The fourth-order valence-corrected chi connectivity index (χ4v) is 4.90. The molecule has 1 aromatic carbocycles. The van der Waals surface area contributed by atoms with Crippen molar-refractivity contribution >= 4 is 0 Å². The van der Waals surface area contributed by atoms with E-state index in [1.54, 1.807) is 7.11 Å². The molecule has 1 fully saturated rings. The second-order valence-corrected chi connectivity index (χ2v) is 7.41. The monoisotopic (exact) mass is 306 g/mol. The molecule has 4 nitrogen and oxygen atoms in total. The maximum absolute atomic E-state index is 10.4. The first-order valence-electron chi connectivity index (χ1n) is 8.06. The van der Waals surface area contributed by atoms with Gasteiger partial charge in [-0.3, -0.25) is 0 Å². The quantitative estimate of drug-likeness (QED) is 0.784. The fourth-order valence-electron chi connectivity index (χ4n) is 4.90. The Kier molecular flexibility index (Phi) is 3.65. The number of methoxy groups -OCH3 is 1. The van der Waals surface area contributed by atoms with Crippen molar-refractivity contribution in [2.24, 2.45) is 11.3 Å². The minimum absolute atomic E-state index is 0.00804. The van der Waals surface area contributed by atoms with Crippen molar-refractivity contribution in [3.05, 3.63) is 23.3 Å². The molecule has 0 aliphatic heterocycles. The summed E-state index contributed by atoms with van der Waals surface area (Å²) in [7, 11) is 1.56. The van der Waals surface area contributed by atoms with E-state index in [1.165, 1.54) is 5.56 Å². The van der Waals surface area contributed by atoms with Crippen LogP contribution in [0.3, 0.4) is 0 Å². The third kappa shape index (κ3) is 1.97. The third-order valence-electron chi connectivity index (χ3n) is 6.33. The van der Waals surface area contributed by atoms with Gasteiger partial charge in [-0.25, -0.2) is 0 Å². The first kappa shape index (κ1) is 15.6. The van der Waals surface area contributed by atoms with Gasteiger partial charge < -0.3 is 20.1 Å². The highest BCUT2D eigenvalue weighted by Crippen LogP contribution is 2.58. The van der Waals surface area contributed by atoms with E-state index in [0.717, 1.165) is 24.8 Å². The molecular weight excluding hydrogens is 280 g/mol. The number of aliphatic hydroxyl groups is 2. The Bertz CT molecular complexity index is 585. The van der Waals surface area contributed by atoms with Crippen LogP contribution in [0.25, 0.3) is 0 Å². The highest BCUT2D eigenvalue weighted by molar-refractivity contribution is 5.51. The Morgan fingerprint density at radius 1 is 1.27 bits per heavy atom. The predicted molar refractivity (Wildman–Crippen MR) is 84.3 cm³/mol. The summed E-state index contributed by atoms with van der Waals surface area (Å²) in [5.41, 5.74) is 1.74. The van der Waals surface area contributed by atoms with E-state index in [-0.39, 0.29) is 23.7 Å². The van der Waals surface area contributed by atoms with E-state index in [1.807, 2.05) is 19.1 Å². The molecular formula is C18H26O4. The summed E-state index contributed by atoms with van der Waals surface area (Å²) in [4.78, 5) is 0. The standard InChI is InChI=1S/C18H26O4/c1-17-7-6-16(21)18(2,10-19)15(17)5-4-11-8-14(22-3)13(20)9-12(11)17/h8-9,15-16,19-21H,4-7,10H2,1-3H3/t15-,16+,17-,18?/m1/s1. The molecule has 0 bridgehead atoms. The minimum atomic E-state index is -0.486. The molecule has 0 saturated heterocycles. The third-order valence-corrected chi connectivity index (χ3v) is 6.33. The van der Waals surface area contributed by atoms with Crippen LogP contribution >= 0.6 is 0 Å². The number of benzene rings is 1. The fraction of sp³-hybridized carbons (Fsp3) is 0.667. The van der Waals surface area contributed by atoms with Crippen LogP contribution in [0, 0.1) is 11.3 Å². The Hall–Kier alpha value is -1.26. The number of fused-ring (bicyclic) bond motifs is 3. The molecule has 0 aromatic heterocycles. The lowest BCUT2D eigenvalue weighted by Crippen LogP contribution is -2.56. The highest BCUT2D eigenvalue weighted by Gasteiger charge is 2.55. The summed E-state index contributed by atoms with van der Waals surface area (Å²) >= 11 is 0. The van der Waals surface area contributed by atoms with Gasteiger partial charge in [-0.15, -0.1) is 0 Å². The molecule has 1 unspecified atom stereocenters. The van der Waals surface area contributed by atoms with Crippen LogP contribution in [0.2, 0.25) is 0 Å². The van der Waals surface area contributed by atoms with E-state index in [0.29, 0.717) is 12.2 Å². The van der Waals surface area contributed by atoms with Gasteiger partial charge in [-0.2, -0.15) is 0 Å². The zero-order chi connectivity index (χ0) is 16.1. The van der Waals surface area contributed by atoms with E-state index >= 15 is 0 Å². The number of aryl methyl sites for hydroxylation is 1. The van der Waals surface area contributed by atoms with E-state index in [2.05, 4.69) is 6.92 Å². The van der Waals surface area contributed by atoms with Crippen molar-refractivity contribution in [3.63, 3.8) is 0 Å². The number of phenolic OH excluding ortho intramolecular Hbond substituents is 1. The van der Waals surface area contributed by atoms with Crippen LogP contribution in [0.4, 0.5) is 0 Å². The normalized spacial score (nSPS) is 37.3. The zero-order valence-electron chi connectivity index (χ0n) is 13.6. The maximum atomic E-state index is 10.4. The maximum Gasteiger partial charge on any atom is 0.160 e. The second kappa shape index (κ2) is 5.14. The summed E-state index contributed by atoms with van der Waals surface area (Å²) in [6, 6.07) is 3.77. The van der Waals surface area contributed by atoms with E-state index in [4.69, 9.17) is 4.74 Å². The molecule has 0 heterocycles.